The zero-order valence-electron chi connectivity index (χ0n) is 9.14. The topological polar surface area (TPSA) is 63.8 Å². The van der Waals surface area contributed by atoms with Crippen molar-refractivity contribution >= 4 is 11.6 Å². The Kier molecular flexibility index (Phi) is 3.00. The van der Waals surface area contributed by atoms with E-state index in [9.17, 15) is 0 Å². The summed E-state index contributed by atoms with van der Waals surface area (Å²) in [5.74, 6) is 1.12. The molecule has 0 atom stereocenters. The molecule has 0 amide bonds. The average molecular weight is 214 g/mol. The van der Waals surface area contributed by atoms with Crippen LogP contribution >= 0.6 is 0 Å². The Morgan fingerprint density at radius 1 is 1.31 bits per heavy atom. The van der Waals surface area contributed by atoms with Crippen molar-refractivity contribution in [2.45, 2.75) is 13.5 Å². The van der Waals surface area contributed by atoms with E-state index in [2.05, 4.69) is 40.4 Å². The predicted octanol–water partition coefficient (Wildman–Crippen LogP) is 1.98. The van der Waals surface area contributed by atoms with Crippen molar-refractivity contribution in [3.05, 3.63) is 47.8 Å². The molecule has 16 heavy (non-hydrogen) atoms. The molecule has 0 radical (unpaired) electrons. The Balaban J connectivity index is 2.02. The zero-order valence-corrected chi connectivity index (χ0v) is 9.14. The van der Waals surface area contributed by atoms with E-state index in [1.165, 1.54) is 17.3 Å². The van der Waals surface area contributed by atoms with Crippen LogP contribution in [-0.2, 0) is 6.54 Å². The van der Waals surface area contributed by atoms with Gasteiger partial charge in [0.2, 0.25) is 0 Å². The fourth-order valence-electron chi connectivity index (χ4n) is 1.48. The second-order valence-electron chi connectivity index (χ2n) is 3.67. The Morgan fingerprint density at radius 2 is 2.19 bits per heavy atom. The highest BCUT2D eigenvalue weighted by Crippen LogP contribution is 2.08. The maximum absolute atomic E-state index is 5.54. The standard InChI is InChI=1S/C12H14N4/c1-9-3-2-4-10(5-9)6-15-12-8-14-7-11(13)16-12/h2-5,7-8H,6H2,1H3,(H3,13,15,16). The molecule has 3 N–H and O–H groups in total. The number of nitrogens with two attached hydrogens (primary N) is 1. The van der Waals surface area contributed by atoms with E-state index in [-0.39, 0.29) is 0 Å². The van der Waals surface area contributed by atoms with Crippen molar-refractivity contribution in [2.24, 2.45) is 0 Å². The van der Waals surface area contributed by atoms with Crippen LogP contribution < -0.4 is 11.1 Å². The van der Waals surface area contributed by atoms with E-state index in [0.29, 0.717) is 11.6 Å². The number of nitrogen functional groups attached to an aromatic ring is 1. The largest absolute Gasteiger partial charge is 0.382 e. The van der Waals surface area contributed by atoms with E-state index in [1.54, 1.807) is 6.20 Å². The second-order valence-corrected chi connectivity index (χ2v) is 3.67. The third-order valence-corrected chi connectivity index (χ3v) is 2.21. The number of nitrogens with one attached hydrogen (secondary N) is 1. The lowest BCUT2D eigenvalue weighted by Crippen LogP contribution is -2.03. The number of anilines is 2. The van der Waals surface area contributed by atoms with Crippen LogP contribution in [0.3, 0.4) is 0 Å². The first-order valence-electron chi connectivity index (χ1n) is 5.11. The number of hydrogen-bond donors (Lipinski definition) is 2. The van der Waals surface area contributed by atoms with E-state index in [1.807, 2.05) is 6.07 Å². The monoisotopic (exact) mass is 214 g/mol. The number of aromatic nitrogens is 2. The first-order valence-corrected chi connectivity index (χ1v) is 5.11. The van der Waals surface area contributed by atoms with Crippen LogP contribution in [0.2, 0.25) is 0 Å². The predicted molar refractivity (Wildman–Crippen MR) is 65.0 cm³/mol. The van der Waals surface area contributed by atoms with Gasteiger partial charge in [-0.3, -0.25) is 4.98 Å². The van der Waals surface area contributed by atoms with Gasteiger partial charge in [0, 0.05) is 6.54 Å². The van der Waals surface area contributed by atoms with Crippen LogP contribution in [0, 0.1) is 6.92 Å². The van der Waals surface area contributed by atoms with Gasteiger partial charge in [0.25, 0.3) is 0 Å². The van der Waals surface area contributed by atoms with E-state index in [0.717, 1.165) is 6.54 Å². The highest BCUT2D eigenvalue weighted by molar-refractivity contribution is 5.39. The van der Waals surface area contributed by atoms with Gasteiger partial charge in [-0.25, -0.2) is 4.98 Å². The molecule has 1 aromatic heterocycles. The Hall–Kier alpha value is -2.10. The average Bonchev–Trinajstić information content (AvgIpc) is 2.27. The summed E-state index contributed by atoms with van der Waals surface area (Å²) in [5, 5.41) is 3.18. The van der Waals surface area contributed by atoms with Gasteiger partial charge in [-0.2, -0.15) is 0 Å². The Bertz CT molecular complexity index is 436. The summed E-state index contributed by atoms with van der Waals surface area (Å²) < 4.78 is 0. The van der Waals surface area contributed by atoms with E-state index in [4.69, 9.17) is 5.73 Å². The lowest BCUT2D eigenvalue weighted by Gasteiger charge is -2.06. The van der Waals surface area contributed by atoms with Gasteiger partial charge < -0.3 is 11.1 Å². The number of rotatable bonds is 3. The van der Waals surface area contributed by atoms with Crippen LogP contribution in [0.4, 0.5) is 11.6 Å². The Labute approximate surface area is 94.5 Å². The normalized spacial score (nSPS) is 10.1. The minimum absolute atomic E-state index is 0.425. The minimum atomic E-state index is 0.425. The van der Waals surface area contributed by atoms with Crippen molar-refractivity contribution in [3.8, 4) is 0 Å². The maximum Gasteiger partial charge on any atom is 0.147 e. The molecule has 0 aliphatic carbocycles. The SMILES string of the molecule is Cc1cccc(CNc2cncc(N)n2)c1. The fourth-order valence-corrected chi connectivity index (χ4v) is 1.48. The quantitative estimate of drug-likeness (QED) is 0.820. The molecule has 0 spiro atoms. The molecule has 2 rings (SSSR count). The highest BCUT2D eigenvalue weighted by atomic mass is 15.0. The summed E-state index contributed by atoms with van der Waals surface area (Å²) in [4.78, 5) is 8.08. The van der Waals surface area contributed by atoms with E-state index < -0.39 is 0 Å². The second kappa shape index (κ2) is 4.61. The van der Waals surface area contributed by atoms with Gasteiger partial charge in [-0.05, 0) is 12.5 Å². The number of nitrogens with zero attached hydrogens (tertiary/aromatic N) is 2. The molecule has 4 heteroatoms. The molecule has 82 valence electrons. The molecular formula is C12H14N4. The summed E-state index contributed by atoms with van der Waals surface area (Å²) in [6, 6.07) is 8.31. The first kappa shape index (κ1) is 10.4. The minimum Gasteiger partial charge on any atom is -0.382 e. The van der Waals surface area contributed by atoms with Crippen molar-refractivity contribution in [2.75, 3.05) is 11.1 Å². The Morgan fingerprint density at radius 3 is 2.94 bits per heavy atom. The molecule has 0 saturated carbocycles. The summed E-state index contributed by atoms with van der Waals surface area (Å²) in [6.07, 6.45) is 3.18. The van der Waals surface area contributed by atoms with Crippen LogP contribution in [0.25, 0.3) is 0 Å². The molecule has 0 unspecified atom stereocenters. The van der Waals surface area contributed by atoms with Gasteiger partial charge in [0.1, 0.15) is 11.6 Å². The lowest BCUT2D eigenvalue weighted by molar-refractivity contribution is 1.09. The van der Waals surface area contributed by atoms with Crippen molar-refractivity contribution in [1.82, 2.24) is 9.97 Å². The number of benzene rings is 1. The van der Waals surface area contributed by atoms with Crippen molar-refractivity contribution in [3.63, 3.8) is 0 Å². The molecule has 0 bridgehead atoms. The molecule has 2 aromatic rings. The molecule has 0 aliphatic rings. The summed E-state index contributed by atoms with van der Waals surface area (Å²) in [5.41, 5.74) is 8.00. The molecule has 4 nitrogen and oxygen atoms in total. The van der Waals surface area contributed by atoms with Crippen LogP contribution in [0.1, 0.15) is 11.1 Å². The first-order chi connectivity index (χ1) is 7.74. The number of hydrogen-bond acceptors (Lipinski definition) is 4. The fraction of sp³-hybridized carbons (Fsp3) is 0.167. The molecule has 1 heterocycles. The van der Waals surface area contributed by atoms with Crippen LogP contribution in [0.15, 0.2) is 36.7 Å². The number of aryl methyl sites for hydroxylation is 1. The van der Waals surface area contributed by atoms with Crippen LogP contribution in [0.5, 0.6) is 0 Å². The molecule has 1 aromatic carbocycles. The smallest absolute Gasteiger partial charge is 0.147 e. The molecule has 0 fully saturated rings. The van der Waals surface area contributed by atoms with Crippen molar-refractivity contribution < 1.29 is 0 Å². The third-order valence-electron chi connectivity index (χ3n) is 2.21. The maximum atomic E-state index is 5.54. The van der Waals surface area contributed by atoms with Gasteiger partial charge >= 0.3 is 0 Å². The molecule has 0 aliphatic heterocycles. The third kappa shape index (κ3) is 2.70. The van der Waals surface area contributed by atoms with Gasteiger partial charge in [0.05, 0.1) is 12.4 Å². The molecule has 0 saturated heterocycles. The van der Waals surface area contributed by atoms with Gasteiger partial charge in [-0.15, -0.1) is 0 Å². The lowest BCUT2D eigenvalue weighted by atomic mass is 10.1. The molecular weight excluding hydrogens is 200 g/mol. The summed E-state index contributed by atoms with van der Waals surface area (Å²) >= 11 is 0. The summed E-state index contributed by atoms with van der Waals surface area (Å²) in [7, 11) is 0. The summed E-state index contributed by atoms with van der Waals surface area (Å²) in [6.45, 7) is 2.80. The van der Waals surface area contributed by atoms with Crippen molar-refractivity contribution in [1.29, 1.82) is 0 Å². The van der Waals surface area contributed by atoms with Crippen LogP contribution in [-0.4, -0.2) is 9.97 Å². The zero-order chi connectivity index (χ0) is 11.4. The van der Waals surface area contributed by atoms with Gasteiger partial charge in [0.15, 0.2) is 0 Å². The van der Waals surface area contributed by atoms with Gasteiger partial charge in [-0.1, -0.05) is 29.8 Å². The highest BCUT2D eigenvalue weighted by Gasteiger charge is 1.96. The van der Waals surface area contributed by atoms with E-state index >= 15 is 0 Å².